The number of nitrogens with zero attached hydrogens (tertiary/aromatic N) is 1. The van der Waals surface area contributed by atoms with Gasteiger partial charge in [-0.3, -0.25) is 4.79 Å². The summed E-state index contributed by atoms with van der Waals surface area (Å²) in [6.45, 7) is 9.03. The van der Waals surface area contributed by atoms with Crippen molar-refractivity contribution in [2.24, 2.45) is 0 Å². The van der Waals surface area contributed by atoms with Crippen LogP contribution in [0.5, 0.6) is 5.75 Å². The number of hydrogen-bond donors (Lipinski definition) is 2. The molecule has 0 spiro atoms. The minimum Gasteiger partial charge on any atom is -0.495 e. The molecule has 1 rings (SSSR count). The van der Waals surface area contributed by atoms with E-state index in [2.05, 4.69) is 24.1 Å². The topological polar surface area (TPSA) is 67.6 Å². The Labute approximate surface area is 121 Å². The standard InChI is InChI=1S/C15H25N3O2/c1-5-18(6-2)10-11(3)17-15(19)12-7-8-13(16)14(9-12)20-4/h7-9,11H,5-6,10,16H2,1-4H3,(H,17,19). The number of benzene rings is 1. The van der Waals surface area contributed by atoms with Crippen molar-refractivity contribution >= 4 is 11.6 Å². The van der Waals surface area contributed by atoms with Gasteiger partial charge in [-0.25, -0.2) is 0 Å². The van der Waals surface area contributed by atoms with Gasteiger partial charge in [-0.05, 0) is 38.2 Å². The first-order valence-electron chi connectivity index (χ1n) is 6.98. The number of anilines is 1. The van der Waals surface area contributed by atoms with Crippen LogP contribution in [-0.2, 0) is 0 Å². The van der Waals surface area contributed by atoms with E-state index in [1.807, 2.05) is 6.92 Å². The van der Waals surface area contributed by atoms with E-state index in [0.29, 0.717) is 17.0 Å². The molecule has 5 heteroatoms. The SMILES string of the molecule is CCN(CC)CC(C)NC(=O)c1ccc(N)c(OC)c1. The molecule has 1 aromatic rings. The molecule has 0 radical (unpaired) electrons. The zero-order valence-corrected chi connectivity index (χ0v) is 12.8. The third kappa shape index (κ3) is 4.42. The highest BCUT2D eigenvalue weighted by atomic mass is 16.5. The molecule has 0 aliphatic rings. The summed E-state index contributed by atoms with van der Waals surface area (Å²) in [5.41, 5.74) is 6.83. The number of carbonyl (C=O) groups excluding carboxylic acids is 1. The summed E-state index contributed by atoms with van der Waals surface area (Å²) < 4.78 is 5.13. The Morgan fingerprint density at radius 3 is 2.60 bits per heavy atom. The van der Waals surface area contributed by atoms with Crippen molar-refractivity contribution in [2.45, 2.75) is 26.8 Å². The van der Waals surface area contributed by atoms with E-state index >= 15 is 0 Å². The quantitative estimate of drug-likeness (QED) is 0.746. The average molecular weight is 279 g/mol. The van der Waals surface area contributed by atoms with Crippen LogP contribution in [0.25, 0.3) is 0 Å². The maximum atomic E-state index is 12.2. The number of ether oxygens (including phenoxy) is 1. The van der Waals surface area contributed by atoms with E-state index in [-0.39, 0.29) is 11.9 Å². The Morgan fingerprint density at radius 1 is 1.40 bits per heavy atom. The Kier molecular flexibility index (Phi) is 6.31. The third-order valence-corrected chi connectivity index (χ3v) is 3.30. The molecule has 20 heavy (non-hydrogen) atoms. The predicted octanol–water partition coefficient (Wildman–Crippen LogP) is 1.74. The van der Waals surface area contributed by atoms with Crippen LogP contribution in [0.15, 0.2) is 18.2 Å². The summed E-state index contributed by atoms with van der Waals surface area (Å²) in [7, 11) is 1.54. The molecule has 0 heterocycles. The minimum absolute atomic E-state index is 0.0888. The summed E-state index contributed by atoms with van der Waals surface area (Å²) in [6.07, 6.45) is 0. The van der Waals surface area contributed by atoms with Gasteiger partial charge in [-0.15, -0.1) is 0 Å². The number of rotatable bonds is 7. The fourth-order valence-corrected chi connectivity index (χ4v) is 2.07. The monoisotopic (exact) mass is 279 g/mol. The first kappa shape index (κ1) is 16.3. The molecule has 0 bridgehead atoms. The first-order chi connectivity index (χ1) is 9.51. The van der Waals surface area contributed by atoms with Crippen molar-refractivity contribution in [2.75, 3.05) is 32.5 Å². The van der Waals surface area contributed by atoms with E-state index in [0.717, 1.165) is 19.6 Å². The third-order valence-electron chi connectivity index (χ3n) is 3.30. The molecule has 112 valence electrons. The fraction of sp³-hybridized carbons (Fsp3) is 0.533. The molecule has 5 nitrogen and oxygen atoms in total. The lowest BCUT2D eigenvalue weighted by molar-refractivity contribution is 0.0930. The smallest absolute Gasteiger partial charge is 0.251 e. The van der Waals surface area contributed by atoms with Gasteiger partial charge in [0.1, 0.15) is 5.75 Å². The number of nitrogens with two attached hydrogens (primary N) is 1. The molecule has 0 aliphatic heterocycles. The lowest BCUT2D eigenvalue weighted by Gasteiger charge is -2.23. The summed E-state index contributed by atoms with van der Waals surface area (Å²) in [4.78, 5) is 14.4. The first-order valence-corrected chi connectivity index (χ1v) is 6.98. The molecule has 0 aromatic heterocycles. The number of nitrogen functional groups attached to an aromatic ring is 1. The fourth-order valence-electron chi connectivity index (χ4n) is 2.07. The summed E-state index contributed by atoms with van der Waals surface area (Å²) >= 11 is 0. The lowest BCUT2D eigenvalue weighted by Crippen LogP contribution is -2.41. The van der Waals surface area contributed by atoms with E-state index in [1.165, 1.54) is 7.11 Å². The van der Waals surface area contributed by atoms with E-state index in [9.17, 15) is 4.79 Å². The summed E-state index contributed by atoms with van der Waals surface area (Å²) in [6, 6.07) is 5.14. The van der Waals surface area contributed by atoms with Crippen molar-refractivity contribution in [3.05, 3.63) is 23.8 Å². The van der Waals surface area contributed by atoms with Crippen LogP contribution in [0.2, 0.25) is 0 Å². The van der Waals surface area contributed by atoms with Gasteiger partial charge in [0.2, 0.25) is 0 Å². The second kappa shape index (κ2) is 7.75. The van der Waals surface area contributed by atoms with Gasteiger partial charge in [0.15, 0.2) is 0 Å². The highest BCUT2D eigenvalue weighted by Gasteiger charge is 2.13. The van der Waals surface area contributed by atoms with Gasteiger partial charge in [-0.2, -0.15) is 0 Å². The van der Waals surface area contributed by atoms with E-state index in [1.54, 1.807) is 18.2 Å². The van der Waals surface area contributed by atoms with Crippen LogP contribution in [0.1, 0.15) is 31.1 Å². The molecule has 1 amide bonds. The lowest BCUT2D eigenvalue weighted by atomic mass is 10.1. The van der Waals surface area contributed by atoms with Crippen LogP contribution in [0.4, 0.5) is 5.69 Å². The number of methoxy groups -OCH3 is 1. The minimum atomic E-state index is -0.108. The van der Waals surface area contributed by atoms with Gasteiger partial charge < -0.3 is 20.7 Å². The maximum absolute atomic E-state index is 12.2. The zero-order chi connectivity index (χ0) is 15.1. The van der Waals surface area contributed by atoms with Crippen LogP contribution in [-0.4, -0.2) is 43.6 Å². The van der Waals surface area contributed by atoms with Gasteiger partial charge in [0.05, 0.1) is 12.8 Å². The molecule has 3 N–H and O–H groups in total. The van der Waals surface area contributed by atoms with Crippen molar-refractivity contribution in [1.29, 1.82) is 0 Å². The molecule has 0 aliphatic carbocycles. The molecular formula is C15H25N3O2. The maximum Gasteiger partial charge on any atom is 0.251 e. The largest absolute Gasteiger partial charge is 0.495 e. The molecular weight excluding hydrogens is 254 g/mol. The van der Waals surface area contributed by atoms with E-state index in [4.69, 9.17) is 10.5 Å². The van der Waals surface area contributed by atoms with Gasteiger partial charge in [0.25, 0.3) is 5.91 Å². The van der Waals surface area contributed by atoms with Crippen LogP contribution in [0, 0.1) is 0 Å². The molecule has 0 fully saturated rings. The summed E-state index contributed by atoms with van der Waals surface area (Å²) in [5, 5.41) is 2.99. The number of amides is 1. The Bertz CT molecular complexity index is 445. The second-order valence-electron chi connectivity index (χ2n) is 4.82. The molecule has 0 saturated carbocycles. The number of nitrogens with one attached hydrogen (secondary N) is 1. The normalized spacial score (nSPS) is 12.2. The number of likely N-dealkylation sites (N-methyl/N-ethyl adjacent to an activating group) is 1. The van der Waals surface area contributed by atoms with Crippen LogP contribution < -0.4 is 15.8 Å². The van der Waals surface area contributed by atoms with Gasteiger partial charge >= 0.3 is 0 Å². The van der Waals surface area contributed by atoms with Crippen molar-refractivity contribution in [3.8, 4) is 5.75 Å². The van der Waals surface area contributed by atoms with Gasteiger partial charge in [-0.1, -0.05) is 13.8 Å². The highest BCUT2D eigenvalue weighted by molar-refractivity contribution is 5.95. The molecule has 0 saturated heterocycles. The molecule has 1 aromatic carbocycles. The number of hydrogen-bond acceptors (Lipinski definition) is 4. The second-order valence-corrected chi connectivity index (χ2v) is 4.82. The van der Waals surface area contributed by atoms with Crippen molar-refractivity contribution in [3.63, 3.8) is 0 Å². The Hall–Kier alpha value is -1.75. The van der Waals surface area contributed by atoms with Crippen LogP contribution in [0.3, 0.4) is 0 Å². The van der Waals surface area contributed by atoms with E-state index < -0.39 is 0 Å². The highest BCUT2D eigenvalue weighted by Crippen LogP contribution is 2.22. The van der Waals surface area contributed by atoms with Crippen molar-refractivity contribution < 1.29 is 9.53 Å². The van der Waals surface area contributed by atoms with Crippen molar-refractivity contribution in [1.82, 2.24) is 10.2 Å². The Balaban J connectivity index is 2.66. The summed E-state index contributed by atoms with van der Waals surface area (Å²) in [5.74, 6) is 0.414. The van der Waals surface area contributed by atoms with Crippen LogP contribution >= 0.6 is 0 Å². The predicted molar refractivity (Wildman–Crippen MR) is 82.1 cm³/mol. The Morgan fingerprint density at radius 2 is 2.05 bits per heavy atom. The molecule has 1 unspecified atom stereocenters. The van der Waals surface area contributed by atoms with Gasteiger partial charge in [0, 0.05) is 18.2 Å². The zero-order valence-electron chi connectivity index (χ0n) is 12.8. The molecule has 1 atom stereocenters. The average Bonchev–Trinajstić information content (AvgIpc) is 2.45. The number of carbonyl (C=O) groups is 1.